The van der Waals surface area contributed by atoms with E-state index in [2.05, 4.69) is 10.4 Å². The van der Waals surface area contributed by atoms with Crippen molar-refractivity contribution >= 4 is 11.7 Å². The number of aryl methyl sites for hydroxylation is 1. The average Bonchev–Trinajstić information content (AvgIpc) is 2.80. The molecule has 1 amide bonds. The molecule has 0 fully saturated rings. The molecule has 2 rings (SSSR count). The third kappa shape index (κ3) is 2.81. The van der Waals surface area contributed by atoms with Crippen molar-refractivity contribution in [1.29, 1.82) is 0 Å². The van der Waals surface area contributed by atoms with Crippen molar-refractivity contribution in [1.82, 2.24) is 9.78 Å². The van der Waals surface area contributed by atoms with Gasteiger partial charge in [-0.2, -0.15) is 5.10 Å². The van der Waals surface area contributed by atoms with Gasteiger partial charge in [-0.15, -0.1) is 0 Å². The Hall–Kier alpha value is -2.17. The van der Waals surface area contributed by atoms with Gasteiger partial charge in [0, 0.05) is 17.7 Å². The zero-order chi connectivity index (χ0) is 14.0. The Morgan fingerprint density at radius 1 is 1.37 bits per heavy atom. The van der Waals surface area contributed by atoms with Crippen LogP contribution in [0.15, 0.2) is 30.5 Å². The number of rotatable bonds is 3. The van der Waals surface area contributed by atoms with E-state index in [9.17, 15) is 9.18 Å². The van der Waals surface area contributed by atoms with Gasteiger partial charge in [0.05, 0.1) is 6.20 Å². The van der Waals surface area contributed by atoms with Crippen LogP contribution < -0.4 is 5.32 Å². The quantitative estimate of drug-likeness (QED) is 0.922. The van der Waals surface area contributed by atoms with E-state index in [-0.39, 0.29) is 17.8 Å². The molecule has 1 heterocycles. The number of anilines is 1. The summed E-state index contributed by atoms with van der Waals surface area (Å²) in [6.07, 6.45) is 1.62. The van der Waals surface area contributed by atoms with Gasteiger partial charge in [0.1, 0.15) is 11.6 Å². The molecule has 2 aromatic rings. The molecule has 0 saturated heterocycles. The van der Waals surface area contributed by atoms with Crippen LogP contribution in [0, 0.1) is 12.7 Å². The van der Waals surface area contributed by atoms with E-state index in [1.807, 2.05) is 13.8 Å². The fourth-order valence-electron chi connectivity index (χ4n) is 1.75. The molecular formula is C14H16FN3O. The minimum Gasteiger partial charge on any atom is -0.307 e. The fourth-order valence-corrected chi connectivity index (χ4v) is 1.75. The summed E-state index contributed by atoms with van der Waals surface area (Å²) in [5.74, 6) is -0.132. The van der Waals surface area contributed by atoms with E-state index >= 15 is 0 Å². The highest BCUT2D eigenvalue weighted by molar-refractivity contribution is 6.03. The minimum atomic E-state index is -0.384. The number of hydrogen-bond donors (Lipinski definition) is 1. The van der Waals surface area contributed by atoms with Crippen LogP contribution in [0.2, 0.25) is 0 Å². The summed E-state index contributed by atoms with van der Waals surface area (Å²) in [4.78, 5) is 12.0. The summed E-state index contributed by atoms with van der Waals surface area (Å²) in [6.45, 7) is 5.59. The van der Waals surface area contributed by atoms with E-state index in [0.29, 0.717) is 16.9 Å². The maximum absolute atomic E-state index is 13.4. The highest BCUT2D eigenvalue weighted by Crippen LogP contribution is 2.15. The van der Waals surface area contributed by atoms with Crippen LogP contribution in [0.25, 0.3) is 0 Å². The lowest BCUT2D eigenvalue weighted by Crippen LogP contribution is -2.17. The molecule has 0 spiro atoms. The maximum Gasteiger partial charge on any atom is 0.256 e. The van der Waals surface area contributed by atoms with E-state index in [1.54, 1.807) is 36.0 Å². The number of aromatic nitrogens is 2. The summed E-state index contributed by atoms with van der Waals surface area (Å²) in [6, 6.07) is 6.27. The Morgan fingerprint density at radius 2 is 2.11 bits per heavy atom. The molecule has 5 heteroatoms. The number of nitrogens with zero attached hydrogens (tertiary/aromatic N) is 2. The molecule has 0 unspecified atom stereocenters. The predicted molar refractivity (Wildman–Crippen MR) is 71.7 cm³/mol. The Morgan fingerprint density at radius 3 is 2.74 bits per heavy atom. The number of halogens is 1. The fraction of sp³-hybridized carbons (Fsp3) is 0.286. The Kier molecular flexibility index (Phi) is 3.64. The Labute approximate surface area is 111 Å². The van der Waals surface area contributed by atoms with Gasteiger partial charge in [-0.1, -0.05) is 6.07 Å². The van der Waals surface area contributed by atoms with E-state index in [4.69, 9.17) is 0 Å². The van der Waals surface area contributed by atoms with Crippen molar-refractivity contribution in [2.45, 2.75) is 26.8 Å². The molecule has 0 atom stereocenters. The molecule has 1 N–H and O–H groups in total. The SMILES string of the molecule is Cc1ccc(C(=O)Nc2ccnn2C(C)C)cc1F. The number of hydrogen-bond acceptors (Lipinski definition) is 2. The van der Waals surface area contributed by atoms with Crippen molar-refractivity contribution in [3.63, 3.8) is 0 Å². The summed E-state index contributed by atoms with van der Waals surface area (Å²) in [7, 11) is 0. The van der Waals surface area contributed by atoms with Gasteiger partial charge in [-0.3, -0.25) is 4.79 Å². The zero-order valence-corrected chi connectivity index (χ0v) is 11.1. The summed E-state index contributed by atoms with van der Waals surface area (Å²) in [5.41, 5.74) is 0.809. The molecule has 1 aromatic heterocycles. The molecule has 1 aromatic carbocycles. The molecule has 0 aliphatic rings. The standard InChI is InChI=1S/C14H16FN3O/c1-9(2)18-13(6-7-16-18)17-14(19)11-5-4-10(3)12(15)8-11/h4-9H,1-3H3,(H,17,19). The minimum absolute atomic E-state index is 0.139. The van der Waals surface area contributed by atoms with Crippen LogP contribution in [0.5, 0.6) is 0 Å². The number of nitrogens with one attached hydrogen (secondary N) is 1. The van der Waals surface area contributed by atoms with Gasteiger partial charge >= 0.3 is 0 Å². The summed E-state index contributed by atoms with van der Waals surface area (Å²) in [5, 5.41) is 6.85. The topological polar surface area (TPSA) is 46.9 Å². The van der Waals surface area contributed by atoms with Crippen LogP contribution >= 0.6 is 0 Å². The smallest absolute Gasteiger partial charge is 0.256 e. The molecule has 0 aliphatic carbocycles. The number of benzene rings is 1. The highest BCUT2D eigenvalue weighted by atomic mass is 19.1. The molecule has 0 aliphatic heterocycles. The molecule has 4 nitrogen and oxygen atoms in total. The summed E-state index contributed by atoms with van der Waals surface area (Å²) >= 11 is 0. The molecular weight excluding hydrogens is 245 g/mol. The number of carbonyl (C=O) groups excluding carboxylic acids is 1. The third-order valence-corrected chi connectivity index (χ3v) is 2.84. The maximum atomic E-state index is 13.4. The molecule has 0 radical (unpaired) electrons. The predicted octanol–water partition coefficient (Wildman–Crippen LogP) is 3.16. The van der Waals surface area contributed by atoms with E-state index in [0.717, 1.165) is 0 Å². The second-order valence-electron chi connectivity index (χ2n) is 4.67. The van der Waals surface area contributed by atoms with Gasteiger partial charge in [-0.25, -0.2) is 9.07 Å². The van der Waals surface area contributed by atoms with Crippen LogP contribution in [0.3, 0.4) is 0 Å². The van der Waals surface area contributed by atoms with Gasteiger partial charge in [0.2, 0.25) is 0 Å². The normalized spacial score (nSPS) is 10.8. The van der Waals surface area contributed by atoms with E-state index < -0.39 is 0 Å². The second-order valence-corrected chi connectivity index (χ2v) is 4.67. The lowest BCUT2D eigenvalue weighted by molar-refractivity contribution is 0.102. The van der Waals surface area contributed by atoms with Gasteiger partial charge in [0.15, 0.2) is 0 Å². The van der Waals surface area contributed by atoms with Crippen molar-refractivity contribution in [2.75, 3.05) is 5.32 Å². The highest BCUT2D eigenvalue weighted by Gasteiger charge is 2.12. The van der Waals surface area contributed by atoms with Crippen LogP contribution in [-0.2, 0) is 0 Å². The van der Waals surface area contributed by atoms with Crippen LogP contribution in [-0.4, -0.2) is 15.7 Å². The average molecular weight is 261 g/mol. The molecule has 0 saturated carbocycles. The third-order valence-electron chi connectivity index (χ3n) is 2.84. The largest absolute Gasteiger partial charge is 0.307 e. The molecule has 100 valence electrons. The van der Waals surface area contributed by atoms with Gasteiger partial charge < -0.3 is 5.32 Å². The van der Waals surface area contributed by atoms with Crippen LogP contribution in [0.4, 0.5) is 10.2 Å². The zero-order valence-electron chi connectivity index (χ0n) is 11.1. The van der Waals surface area contributed by atoms with Crippen molar-refractivity contribution in [3.05, 3.63) is 47.4 Å². The van der Waals surface area contributed by atoms with Gasteiger partial charge in [0.25, 0.3) is 5.91 Å². The molecule has 19 heavy (non-hydrogen) atoms. The number of carbonyl (C=O) groups is 1. The van der Waals surface area contributed by atoms with Crippen molar-refractivity contribution in [2.24, 2.45) is 0 Å². The van der Waals surface area contributed by atoms with Crippen molar-refractivity contribution in [3.8, 4) is 0 Å². The van der Waals surface area contributed by atoms with E-state index in [1.165, 1.54) is 6.07 Å². The van der Waals surface area contributed by atoms with Gasteiger partial charge in [-0.05, 0) is 38.5 Å². The first-order chi connectivity index (χ1) is 8.99. The summed E-state index contributed by atoms with van der Waals surface area (Å²) < 4.78 is 15.1. The molecule has 0 bridgehead atoms. The number of amides is 1. The van der Waals surface area contributed by atoms with Crippen molar-refractivity contribution < 1.29 is 9.18 Å². The first kappa shape index (κ1) is 13.3. The first-order valence-electron chi connectivity index (χ1n) is 6.10. The van der Waals surface area contributed by atoms with Crippen LogP contribution in [0.1, 0.15) is 35.8 Å². The Balaban J connectivity index is 2.21. The lowest BCUT2D eigenvalue weighted by atomic mass is 10.1. The lowest BCUT2D eigenvalue weighted by Gasteiger charge is -2.12. The first-order valence-corrected chi connectivity index (χ1v) is 6.10. The monoisotopic (exact) mass is 261 g/mol. The Bertz CT molecular complexity index is 604. The second kappa shape index (κ2) is 5.22.